The zero-order chi connectivity index (χ0) is 15.2. The Morgan fingerprint density at radius 1 is 1.33 bits per heavy atom. The molecule has 0 heterocycles. The van der Waals surface area contributed by atoms with E-state index in [0.717, 1.165) is 37.0 Å². The van der Waals surface area contributed by atoms with Crippen molar-refractivity contribution in [2.45, 2.75) is 31.7 Å². The lowest BCUT2D eigenvalue weighted by atomic mass is 9.79. The molecule has 1 fully saturated rings. The Morgan fingerprint density at radius 3 is 2.81 bits per heavy atom. The Hall–Kier alpha value is -1.39. The molecule has 2 unspecified atom stereocenters. The van der Waals surface area contributed by atoms with Gasteiger partial charge >= 0.3 is 0 Å². The van der Waals surface area contributed by atoms with E-state index in [-0.39, 0.29) is 18.8 Å². The maximum absolute atomic E-state index is 12.3. The van der Waals surface area contributed by atoms with E-state index in [9.17, 15) is 4.79 Å². The molecule has 4 nitrogen and oxygen atoms in total. The van der Waals surface area contributed by atoms with E-state index in [1.165, 1.54) is 0 Å². The number of carbonyl (C=O) groups is 1. The number of hydrogen-bond donors (Lipinski definition) is 0. The van der Waals surface area contributed by atoms with Gasteiger partial charge in [-0.2, -0.15) is 0 Å². The Balaban J connectivity index is 2.23. The van der Waals surface area contributed by atoms with Crippen molar-refractivity contribution < 1.29 is 14.3 Å². The maximum Gasteiger partial charge on any atom is 0.188 e. The van der Waals surface area contributed by atoms with Crippen LogP contribution in [0.25, 0.3) is 0 Å². The van der Waals surface area contributed by atoms with E-state index >= 15 is 0 Å². The minimum atomic E-state index is 0.0893. The predicted molar refractivity (Wildman–Crippen MR) is 82.3 cm³/mol. The van der Waals surface area contributed by atoms with Crippen molar-refractivity contribution in [2.24, 2.45) is 5.92 Å². The molecule has 21 heavy (non-hydrogen) atoms. The predicted octanol–water partition coefficient (Wildman–Crippen LogP) is 3.03. The first-order chi connectivity index (χ1) is 10.1. The van der Waals surface area contributed by atoms with Crippen molar-refractivity contribution >= 4 is 5.78 Å². The second kappa shape index (κ2) is 7.57. The van der Waals surface area contributed by atoms with Crippen molar-refractivity contribution in [3.05, 3.63) is 29.8 Å². The highest BCUT2D eigenvalue weighted by Gasteiger charge is 2.32. The summed E-state index contributed by atoms with van der Waals surface area (Å²) >= 11 is 0. The van der Waals surface area contributed by atoms with Crippen molar-refractivity contribution in [3.8, 4) is 5.75 Å². The molecule has 0 N–H and O–H groups in total. The lowest BCUT2D eigenvalue weighted by Crippen LogP contribution is -2.34. The van der Waals surface area contributed by atoms with Gasteiger partial charge in [0.15, 0.2) is 6.79 Å². The molecule has 0 aliphatic heterocycles. The number of hydrogen-bond acceptors (Lipinski definition) is 4. The van der Waals surface area contributed by atoms with Gasteiger partial charge in [-0.25, -0.2) is 0 Å². The van der Waals surface area contributed by atoms with Crippen molar-refractivity contribution in [3.63, 3.8) is 0 Å². The standard InChI is InChI=1S/C17H25NO3/c1-18(2)17(15-9-4-5-10-16(15)19)13-7-6-8-14(11-13)21-12-20-3/h6-8,11,15,17H,4-5,9-10,12H2,1-3H3. The second-order valence-corrected chi connectivity index (χ2v) is 5.85. The van der Waals surface area contributed by atoms with Crippen molar-refractivity contribution in [1.29, 1.82) is 0 Å². The van der Waals surface area contributed by atoms with Gasteiger partial charge in [0.2, 0.25) is 0 Å². The molecule has 0 radical (unpaired) electrons. The Bertz CT molecular complexity index is 473. The van der Waals surface area contributed by atoms with Gasteiger partial charge in [0, 0.05) is 25.5 Å². The number of methoxy groups -OCH3 is 1. The summed E-state index contributed by atoms with van der Waals surface area (Å²) in [4.78, 5) is 14.4. The van der Waals surface area contributed by atoms with E-state index in [0.29, 0.717) is 5.78 Å². The fourth-order valence-corrected chi connectivity index (χ4v) is 3.15. The van der Waals surface area contributed by atoms with E-state index in [1.807, 2.05) is 32.3 Å². The van der Waals surface area contributed by atoms with Crippen LogP contribution in [0.15, 0.2) is 24.3 Å². The Morgan fingerprint density at radius 2 is 2.14 bits per heavy atom. The number of ketones is 1. The fourth-order valence-electron chi connectivity index (χ4n) is 3.15. The molecular weight excluding hydrogens is 266 g/mol. The smallest absolute Gasteiger partial charge is 0.188 e. The van der Waals surface area contributed by atoms with Gasteiger partial charge in [0.25, 0.3) is 0 Å². The van der Waals surface area contributed by atoms with Crippen LogP contribution in [-0.4, -0.2) is 38.7 Å². The molecule has 2 rings (SSSR count). The highest BCUT2D eigenvalue weighted by Crippen LogP contribution is 2.36. The van der Waals surface area contributed by atoms with Gasteiger partial charge < -0.3 is 14.4 Å². The molecule has 1 aromatic rings. The molecule has 0 aromatic heterocycles. The average Bonchev–Trinajstić information content (AvgIpc) is 2.47. The van der Waals surface area contributed by atoms with Crippen molar-refractivity contribution in [1.82, 2.24) is 4.90 Å². The fraction of sp³-hybridized carbons (Fsp3) is 0.588. The maximum atomic E-state index is 12.3. The summed E-state index contributed by atoms with van der Waals surface area (Å²) in [5.41, 5.74) is 1.13. The number of Topliss-reactive ketones (excluding diaryl/α,β-unsaturated/α-hetero) is 1. The van der Waals surface area contributed by atoms with Crippen LogP contribution in [0, 0.1) is 5.92 Å². The third-order valence-corrected chi connectivity index (χ3v) is 4.08. The molecule has 0 spiro atoms. The molecule has 4 heteroatoms. The lowest BCUT2D eigenvalue weighted by molar-refractivity contribution is -0.126. The van der Waals surface area contributed by atoms with Gasteiger partial charge in [-0.15, -0.1) is 0 Å². The van der Waals surface area contributed by atoms with E-state index in [1.54, 1.807) is 7.11 Å². The van der Waals surface area contributed by atoms with Crippen LogP contribution in [0.1, 0.15) is 37.3 Å². The largest absolute Gasteiger partial charge is 0.468 e. The summed E-state index contributed by atoms with van der Waals surface area (Å²) in [7, 11) is 5.68. The lowest BCUT2D eigenvalue weighted by Gasteiger charge is -2.34. The quantitative estimate of drug-likeness (QED) is 0.755. The SMILES string of the molecule is COCOc1cccc(C(C2CCCCC2=O)N(C)C)c1. The Kier molecular flexibility index (Phi) is 5.76. The molecule has 0 amide bonds. The number of nitrogens with zero attached hydrogens (tertiary/aromatic N) is 1. The minimum Gasteiger partial charge on any atom is -0.468 e. The molecule has 0 bridgehead atoms. The van der Waals surface area contributed by atoms with E-state index in [4.69, 9.17) is 9.47 Å². The van der Waals surface area contributed by atoms with Gasteiger partial charge in [-0.05, 0) is 44.6 Å². The molecule has 1 aromatic carbocycles. The number of benzene rings is 1. The molecule has 1 saturated carbocycles. The van der Waals surface area contributed by atoms with Gasteiger partial charge in [0.05, 0.1) is 0 Å². The summed E-state index contributed by atoms with van der Waals surface area (Å²) in [6.45, 7) is 0.235. The second-order valence-electron chi connectivity index (χ2n) is 5.85. The minimum absolute atomic E-state index is 0.0893. The van der Waals surface area contributed by atoms with E-state index < -0.39 is 0 Å². The summed E-state index contributed by atoms with van der Waals surface area (Å²) in [6.07, 6.45) is 3.87. The molecule has 1 aliphatic carbocycles. The number of carbonyl (C=O) groups excluding carboxylic acids is 1. The van der Waals surface area contributed by atoms with Crippen LogP contribution in [0.2, 0.25) is 0 Å². The molecule has 0 saturated heterocycles. The van der Waals surface area contributed by atoms with Crippen LogP contribution in [0.4, 0.5) is 0 Å². The Labute approximate surface area is 127 Å². The van der Waals surface area contributed by atoms with Crippen LogP contribution < -0.4 is 4.74 Å². The van der Waals surface area contributed by atoms with Gasteiger partial charge in [0.1, 0.15) is 11.5 Å². The first-order valence-electron chi connectivity index (χ1n) is 7.54. The molecular formula is C17H25NO3. The topological polar surface area (TPSA) is 38.8 Å². The molecule has 1 aliphatic rings. The summed E-state index contributed by atoms with van der Waals surface area (Å²) in [5.74, 6) is 1.26. The number of rotatable bonds is 6. The average molecular weight is 291 g/mol. The monoisotopic (exact) mass is 291 g/mol. The zero-order valence-electron chi connectivity index (χ0n) is 13.2. The van der Waals surface area contributed by atoms with Crippen LogP contribution in [0.3, 0.4) is 0 Å². The zero-order valence-corrected chi connectivity index (χ0v) is 13.2. The highest BCUT2D eigenvalue weighted by molar-refractivity contribution is 5.82. The van der Waals surface area contributed by atoms with Crippen LogP contribution in [-0.2, 0) is 9.53 Å². The summed E-state index contributed by atoms with van der Waals surface area (Å²) < 4.78 is 10.5. The highest BCUT2D eigenvalue weighted by atomic mass is 16.7. The molecule has 2 atom stereocenters. The summed E-state index contributed by atoms with van der Waals surface area (Å²) in [5, 5.41) is 0. The van der Waals surface area contributed by atoms with Gasteiger partial charge in [-0.3, -0.25) is 4.79 Å². The summed E-state index contributed by atoms with van der Waals surface area (Å²) in [6, 6.07) is 8.10. The first-order valence-corrected chi connectivity index (χ1v) is 7.54. The number of ether oxygens (including phenoxy) is 2. The molecule has 116 valence electrons. The third kappa shape index (κ3) is 4.05. The van der Waals surface area contributed by atoms with Crippen LogP contribution in [0.5, 0.6) is 5.75 Å². The normalized spacial score (nSPS) is 20.6. The third-order valence-electron chi connectivity index (χ3n) is 4.08. The first kappa shape index (κ1) is 16.0. The van der Waals surface area contributed by atoms with Crippen LogP contribution >= 0.6 is 0 Å². The van der Waals surface area contributed by atoms with Gasteiger partial charge in [-0.1, -0.05) is 18.6 Å². The van der Waals surface area contributed by atoms with E-state index in [2.05, 4.69) is 11.0 Å². The van der Waals surface area contributed by atoms with Crippen molar-refractivity contribution in [2.75, 3.05) is 28.0 Å².